The van der Waals surface area contributed by atoms with Gasteiger partial charge in [-0.25, -0.2) is 10.5 Å². The number of fused-ring (bicyclic) bond motifs is 1. The molecule has 5 nitrogen and oxygen atoms in total. The molecule has 1 heterocycles. The summed E-state index contributed by atoms with van der Waals surface area (Å²) in [7, 11) is 0. The van der Waals surface area contributed by atoms with Crippen LogP contribution >= 0.6 is 11.3 Å². The highest BCUT2D eigenvalue weighted by Gasteiger charge is 2.30. The summed E-state index contributed by atoms with van der Waals surface area (Å²) in [6.07, 6.45) is 2.71. The number of aryl methyl sites for hydroxylation is 1. The average molecular weight is 297 g/mol. The van der Waals surface area contributed by atoms with Crippen LogP contribution in [0.1, 0.15) is 55.9 Å². The van der Waals surface area contributed by atoms with Crippen molar-refractivity contribution in [3.8, 4) is 0 Å². The van der Waals surface area contributed by atoms with Gasteiger partial charge in [-0.05, 0) is 46.6 Å². The Bertz CT molecular complexity index is 479. The number of nitrogens with zero attached hydrogens (tertiary/aromatic N) is 1. The molecule has 0 radical (unpaired) electrons. The number of carbonyl (C=O) groups excluding carboxylic acids is 1. The second kappa shape index (κ2) is 6.20. The lowest BCUT2D eigenvalue weighted by molar-refractivity contribution is 0.0374. The van der Waals surface area contributed by atoms with Crippen LogP contribution in [-0.2, 0) is 11.3 Å². The zero-order valence-electron chi connectivity index (χ0n) is 12.6. The molecule has 0 amide bonds. The second-order valence-electron chi connectivity index (χ2n) is 6.02. The van der Waals surface area contributed by atoms with Gasteiger partial charge in [0.1, 0.15) is 0 Å². The molecule has 20 heavy (non-hydrogen) atoms. The Morgan fingerprint density at radius 3 is 2.85 bits per heavy atom. The van der Waals surface area contributed by atoms with Crippen LogP contribution in [-0.4, -0.2) is 29.0 Å². The molecule has 0 aliphatic heterocycles. The van der Waals surface area contributed by atoms with Crippen LogP contribution in [0.3, 0.4) is 0 Å². The third-order valence-electron chi connectivity index (χ3n) is 2.99. The van der Waals surface area contributed by atoms with Crippen molar-refractivity contribution in [2.75, 3.05) is 12.0 Å². The molecule has 0 fully saturated rings. The summed E-state index contributed by atoms with van der Waals surface area (Å²) in [5, 5.41) is 3.97. The normalized spacial score (nSPS) is 19.0. The average Bonchev–Trinajstić information content (AvgIpc) is 2.79. The van der Waals surface area contributed by atoms with Crippen molar-refractivity contribution in [3.63, 3.8) is 0 Å². The highest BCUT2D eigenvalue weighted by atomic mass is 32.1. The van der Waals surface area contributed by atoms with Crippen molar-refractivity contribution in [1.29, 1.82) is 0 Å². The van der Waals surface area contributed by atoms with Crippen LogP contribution in [0.15, 0.2) is 0 Å². The van der Waals surface area contributed by atoms with Crippen LogP contribution < -0.4 is 10.8 Å². The molecule has 1 aromatic heterocycles. The predicted molar refractivity (Wildman–Crippen MR) is 81.3 cm³/mol. The third-order valence-corrected chi connectivity index (χ3v) is 4.00. The fraction of sp³-hybridized carbons (Fsp3) is 0.714. The zero-order valence-corrected chi connectivity index (χ0v) is 13.4. The number of aromatic nitrogens is 1. The number of thiazole rings is 1. The zero-order chi connectivity index (χ0) is 14.8. The number of anilines is 1. The van der Waals surface area contributed by atoms with E-state index in [0.717, 1.165) is 36.4 Å². The molecule has 1 aliphatic rings. The highest BCUT2D eigenvalue weighted by Crippen LogP contribution is 2.30. The van der Waals surface area contributed by atoms with Crippen LogP contribution in [0.25, 0.3) is 0 Å². The van der Waals surface area contributed by atoms with Crippen LogP contribution in [0.5, 0.6) is 0 Å². The minimum Gasteiger partial charge on any atom is -0.307 e. The summed E-state index contributed by atoms with van der Waals surface area (Å²) in [6, 6.07) is -0.0562. The lowest BCUT2D eigenvalue weighted by atomic mass is 9.96. The Hall–Kier alpha value is -0.980. The van der Waals surface area contributed by atoms with Crippen LogP contribution in [0, 0.1) is 0 Å². The van der Waals surface area contributed by atoms with Gasteiger partial charge in [0, 0.05) is 0 Å². The van der Waals surface area contributed by atoms with Gasteiger partial charge in [-0.15, -0.1) is 0 Å². The van der Waals surface area contributed by atoms with Gasteiger partial charge in [0.05, 0.1) is 22.2 Å². The first-order chi connectivity index (χ1) is 9.40. The maximum atomic E-state index is 12.4. The van der Waals surface area contributed by atoms with Crippen LogP contribution in [0.2, 0.25) is 0 Å². The number of rotatable bonds is 5. The largest absolute Gasteiger partial charge is 0.307 e. The van der Waals surface area contributed by atoms with E-state index in [0.29, 0.717) is 5.13 Å². The first kappa shape index (κ1) is 15.4. The van der Waals surface area contributed by atoms with E-state index in [2.05, 4.69) is 22.7 Å². The summed E-state index contributed by atoms with van der Waals surface area (Å²) in [5.41, 5.74) is 3.46. The Kier molecular flexibility index (Phi) is 4.78. The number of ketones is 1. The maximum absolute atomic E-state index is 12.4. The van der Waals surface area contributed by atoms with Gasteiger partial charge in [0.25, 0.3) is 0 Å². The van der Waals surface area contributed by atoms with E-state index in [1.54, 1.807) is 0 Å². The standard InChI is InChI=1S/C14H23N3O2S/c1-5-8-15-9-6-7-10-12(11(9)18)20-13(16-10)17-19-14(2,3)4/h9,15H,5-8H2,1-4H3,(H,16,17)/t9-/m0/s1. The molecule has 2 rings (SSSR count). The highest BCUT2D eigenvalue weighted by molar-refractivity contribution is 7.17. The van der Waals surface area contributed by atoms with Crippen LogP contribution in [0.4, 0.5) is 5.13 Å². The molecule has 0 aromatic carbocycles. The van der Waals surface area contributed by atoms with E-state index >= 15 is 0 Å². The number of carbonyl (C=O) groups is 1. The van der Waals surface area contributed by atoms with Crippen molar-refractivity contribution in [2.45, 2.75) is 58.6 Å². The van der Waals surface area contributed by atoms with Gasteiger partial charge in [-0.3, -0.25) is 9.63 Å². The monoisotopic (exact) mass is 297 g/mol. The molecule has 0 spiro atoms. The molecule has 0 saturated heterocycles. The van der Waals surface area contributed by atoms with Gasteiger partial charge in [0.15, 0.2) is 5.78 Å². The summed E-state index contributed by atoms with van der Waals surface area (Å²) >= 11 is 1.38. The first-order valence-electron chi connectivity index (χ1n) is 7.12. The molecule has 1 atom stereocenters. The predicted octanol–water partition coefficient (Wildman–Crippen LogP) is 2.78. The first-order valence-corrected chi connectivity index (χ1v) is 7.93. The number of Topliss-reactive ketones (excluding diaryl/α,β-unsaturated/α-hetero) is 1. The minimum absolute atomic E-state index is 0.0562. The fourth-order valence-corrected chi connectivity index (χ4v) is 2.98. The van der Waals surface area contributed by atoms with Gasteiger partial charge < -0.3 is 5.32 Å². The molecule has 2 N–H and O–H groups in total. The van der Waals surface area contributed by atoms with Crippen molar-refractivity contribution in [3.05, 3.63) is 10.6 Å². The Morgan fingerprint density at radius 1 is 1.45 bits per heavy atom. The molecule has 1 aliphatic carbocycles. The maximum Gasteiger partial charge on any atom is 0.207 e. The number of nitrogens with one attached hydrogen (secondary N) is 2. The Morgan fingerprint density at radius 2 is 2.20 bits per heavy atom. The van der Waals surface area contributed by atoms with Gasteiger partial charge in [0.2, 0.25) is 5.13 Å². The summed E-state index contributed by atoms with van der Waals surface area (Å²) < 4.78 is 0. The summed E-state index contributed by atoms with van der Waals surface area (Å²) in [5.74, 6) is 0.168. The van der Waals surface area contributed by atoms with E-state index in [1.165, 1.54) is 11.3 Å². The van der Waals surface area contributed by atoms with E-state index in [-0.39, 0.29) is 17.4 Å². The molecule has 0 unspecified atom stereocenters. The fourth-order valence-electron chi connectivity index (χ4n) is 2.04. The molecular formula is C14H23N3O2S. The summed E-state index contributed by atoms with van der Waals surface area (Å²) in [4.78, 5) is 23.1. The third kappa shape index (κ3) is 3.77. The molecular weight excluding hydrogens is 274 g/mol. The smallest absolute Gasteiger partial charge is 0.207 e. The van der Waals surface area contributed by atoms with E-state index in [9.17, 15) is 4.79 Å². The minimum atomic E-state index is -0.290. The van der Waals surface area contributed by atoms with Crippen molar-refractivity contribution in [1.82, 2.24) is 10.3 Å². The van der Waals surface area contributed by atoms with Gasteiger partial charge >= 0.3 is 0 Å². The summed E-state index contributed by atoms with van der Waals surface area (Å²) in [6.45, 7) is 8.86. The number of hydrogen-bond acceptors (Lipinski definition) is 6. The molecule has 6 heteroatoms. The van der Waals surface area contributed by atoms with E-state index < -0.39 is 0 Å². The van der Waals surface area contributed by atoms with Crippen molar-refractivity contribution >= 4 is 22.3 Å². The van der Waals surface area contributed by atoms with E-state index in [1.807, 2.05) is 20.8 Å². The Labute approximate surface area is 124 Å². The van der Waals surface area contributed by atoms with Gasteiger partial charge in [-0.1, -0.05) is 18.3 Å². The molecule has 1 aromatic rings. The van der Waals surface area contributed by atoms with E-state index in [4.69, 9.17) is 4.84 Å². The lowest BCUT2D eigenvalue weighted by Gasteiger charge is -2.20. The molecule has 0 bridgehead atoms. The van der Waals surface area contributed by atoms with Crippen molar-refractivity contribution < 1.29 is 9.63 Å². The SMILES string of the molecule is CCCN[C@H]1CCc2nc(NOC(C)(C)C)sc2C1=O. The molecule has 112 valence electrons. The number of hydrogen-bond donors (Lipinski definition) is 2. The Balaban J connectivity index is 2.04. The van der Waals surface area contributed by atoms with Gasteiger partial charge in [-0.2, -0.15) is 0 Å². The lowest BCUT2D eigenvalue weighted by Crippen LogP contribution is -2.40. The topological polar surface area (TPSA) is 63.3 Å². The second-order valence-corrected chi connectivity index (χ2v) is 7.02. The van der Waals surface area contributed by atoms with Crippen molar-refractivity contribution in [2.24, 2.45) is 0 Å². The molecule has 0 saturated carbocycles. The quantitative estimate of drug-likeness (QED) is 0.818.